The third-order valence-electron chi connectivity index (χ3n) is 3.95. The zero-order valence-corrected chi connectivity index (χ0v) is 13.9. The predicted octanol–water partition coefficient (Wildman–Crippen LogP) is 0.560. The van der Waals surface area contributed by atoms with Crippen molar-refractivity contribution in [1.82, 2.24) is 4.90 Å². The van der Waals surface area contributed by atoms with Gasteiger partial charge in [0.05, 0.1) is 11.7 Å². The second-order valence-electron chi connectivity index (χ2n) is 6.35. The molecular weight excluding hydrogens is 292 g/mol. The molecule has 2 N–H and O–H groups in total. The van der Waals surface area contributed by atoms with Crippen LogP contribution in [0.5, 0.6) is 0 Å². The Hall–Kier alpha value is -1.11. The van der Waals surface area contributed by atoms with E-state index in [0.717, 1.165) is 0 Å². The van der Waals surface area contributed by atoms with E-state index >= 15 is 0 Å². The average Bonchev–Trinajstić information content (AvgIpc) is 2.36. The van der Waals surface area contributed by atoms with E-state index in [0.29, 0.717) is 19.3 Å². The lowest BCUT2D eigenvalue weighted by Crippen LogP contribution is -2.50. The van der Waals surface area contributed by atoms with E-state index in [1.54, 1.807) is 0 Å². The van der Waals surface area contributed by atoms with Crippen LogP contribution in [-0.4, -0.2) is 49.2 Å². The van der Waals surface area contributed by atoms with Gasteiger partial charge in [-0.15, -0.1) is 0 Å². The quantitative estimate of drug-likeness (QED) is 0.773. The van der Waals surface area contributed by atoms with Crippen molar-refractivity contribution in [2.45, 2.75) is 46.1 Å². The average molecular weight is 318 g/mol. The lowest BCUT2D eigenvalue weighted by Gasteiger charge is -2.36. The summed E-state index contributed by atoms with van der Waals surface area (Å²) >= 11 is 0. The normalized spacial score (nSPS) is 23.3. The summed E-state index contributed by atoms with van der Waals surface area (Å²) in [6, 6.07) is -0.0478. The highest BCUT2D eigenvalue weighted by Crippen LogP contribution is 2.22. The molecule has 0 aromatic heterocycles. The van der Waals surface area contributed by atoms with E-state index in [-0.39, 0.29) is 30.2 Å². The maximum Gasteiger partial charge on any atom is 0.238 e. The topological polar surface area (TPSA) is 97.5 Å². The van der Waals surface area contributed by atoms with Crippen LogP contribution in [0.25, 0.3) is 0 Å². The molecule has 6 nitrogen and oxygen atoms in total. The number of likely N-dealkylation sites (tertiary alicyclic amines) is 1. The minimum atomic E-state index is -3.39. The Morgan fingerprint density at radius 3 is 2.43 bits per heavy atom. The van der Waals surface area contributed by atoms with Gasteiger partial charge in [-0.25, -0.2) is 8.42 Å². The number of amides is 2. The van der Waals surface area contributed by atoms with Gasteiger partial charge in [-0.3, -0.25) is 9.59 Å². The monoisotopic (exact) mass is 318 g/mol. The number of sulfone groups is 1. The highest BCUT2D eigenvalue weighted by molar-refractivity contribution is 7.92. The molecule has 0 aromatic rings. The van der Waals surface area contributed by atoms with Gasteiger partial charge in [0.1, 0.15) is 5.75 Å². The smallest absolute Gasteiger partial charge is 0.238 e. The first-order valence-electron chi connectivity index (χ1n) is 7.41. The molecule has 1 aliphatic heterocycles. The Morgan fingerprint density at radius 2 is 1.90 bits per heavy atom. The van der Waals surface area contributed by atoms with Crippen molar-refractivity contribution in [3.8, 4) is 0 Å². The van der Waals surface area contributed by atoms with Crippen molar-refractivity contribution >= 4 is 21.7 Å². The molecule has 1 aliphatic rings. The third kappa shape index (κ3) is 5.65. The van der Waals surface area contributed by atoms with Gasteiger partial charge in [0.25, 0.3) is 0 Å². The van der Waals surface area contributed by atoms with E-state index in [9.17, 15) is 18.0 Å². The van der Waals surface area contributed by atoms with Gasteiger partial charge in [0, 0.05) is 12.6 Å². The van der Waals surface area contributed by atoms with Gasteiger partial charge in [0.15, 0.2) is 9.84 Å². The van der Waals surface area contributed by atoms with Crippen LogP contribution in [-0.2, 0) is 19.4 Å². The van der Waals surface area contributed by atoms with Crippen LogP contribution in [0.1, 0.15) is 40.0 Å². The molecule has 2 amide bonds. The molecule has 0 aromatic carbocycles. The van der Waals surface area contributed by atoms with Gasteiger partial charge >= 0.3 is 0 Å². The molecule has 0 unspecified atom stereocenters. The standard InChI is InChI=1S/C14H26N2O4S/c1-10(2)6-7-21(19,20)9-13(17)16-8-12(14(15)18)5-4-11(16)3/h10-12H,4-9H2,1-3H3,(H2,15,18)/t11-,12+/m0/s1. The number of nitrogens with zero attached hydrogens (tertiary/aromatic N) is 1. The largest absolute Gasteiger partial charge is 0.369 e. The molecule has 2 atom stereocenters. The van der Waals surface area contributed by atoms with Crippen LogP contribution in [0.15, 0.2) is 0 Å². The SMILES string of the molecule is CC(C)CCS(=O)(=O)CC(=O)N1C[C@H](C(N)=O)CC[C@@H]1C. The van der Waals surface area contributed by atoms with E-state index in [1.165, 1.54) is 4.90 Å². The molecule has 0 bridgehead atoms. The fraction of sp³-hybridized carbons (Fsp3) is 0.857. The fourth-order valence-electron chi connectivity index (χ4n) is 2.45. The number of carbonyl (C=O) groups excluding carboxylic acids is 2. The molecule has 1 saturated heterocycles. The van der Waals surface area contributed by atoms with Gasteiger partial charge in [-0.1, -0.05) is 13.8 Å². The molecule has 1 heterocycles. The van der Waals surface area contributed by atoms with Crippen LogP contribution in [0.3, 0.4) is 0 Å². The Kier molecular flexibility index (Phi) is 6.19. The van der Waals surface area contributed by atoms with Crippen molar-refractivity contribution in [2.75, 3.05) is 18.1 Å². The summed E-state index contributed by atoms with van der Waals surface area (Å²) in [6.07, 6.45) is 1.88. The number of primary amides is 1. The van der Waals surface area contributed by atoms with Crippen molar-refractivity contribution in [3.05, 3.63) is 0 Å². The Balaban J connectivity index is 2.66. The summed E-state index contributed by atoms with van der Waals surface area (Å²) in [4.78, 5) is 25.0. The predicted molar refractivity (Wildman–Crippen MR) is 81.2 cm³/mol. The molecule has 1 fully saturated rings. The molecule has 0 radical (unpaired) electrons. The molecule has 21 heavy (non-hydrogen) atoms. The Bertz CT molecular complexity index is 487. The highest BCUT2D eigenvalue weighted by atomic mass is 32.2. The van der Waals surface area contributed by atoms with E-state index in [1.807, 2.05) is 20.8 Å². The first-order chi connectivity index (χ1) is 9.62. The summed E-state index contributed by atoms with van der Waals surface area (Å²) < 4.78 is 23.9. The Morgan fingerprint density at radius 1 is 1.29 bits per heavy atom. The highest BCUT2D eigenvalue weighted by Gasteiger charge is 2.33. The van der Waals surface area contributed by atoms with Gasteiger partial charge in [0.2, 0.25) is 11.8 Å². The lowest BCUT2D eigenvalue weighted by atomic mass is 9.93. The Labute approximate surface area is 127 Å². The van der Waals surface area contributed by atoms with Crippen molar-refractivity contribution in [3.63, 3.8) is 0 Å². The minimum Gasteiger partial charge on any atom is -0.369 e. The van der Waals surface area contributed by atoms with E-state index in [2.05, 4.69) is 0 Å². The molecule has 0 saturated carbocycles. The number of rotatable bonds is 6. The lowest BCUT2D eigenvalue weighted by molar-refractivity contribution is -0.135. The second kappa shape index (κ2) is 7.24. The molecule has 7 heteroatoms. The summed E-state index contributed by atoms with van der Waals surface area (Å²) in [5, 5.41) is 0. The summed E-state index contributed by atoms with van der Waals surface area (Å²) in [5.74, 6) is -1.39. The van der Waals surface area contributed by atoms with Crippen molar-refractivity contribution in [1.29, 1.82) is 0 Å². The van der Waals surface area contributed by atoms with Gasteiger partial charge in [-0.2, -0.15) is 0 Å². The van der Waals surface area contributed by atoms with Gasteiger partial charge < -0.3 is 10.6 Å². The van der Waals surface area contributed by atoms with Crippen LogP contribution in [0.2, 0.25) is 0 Å². The van der Waals surface area contributed by atoms with Crippen LogP contribution >= 0.6 is 0 Å². The zero-order chi connectivity index (χ0) is 16.2. The maximum atomic E-state index is 12.2. The summed E-state index contributed by atoms with van der Waals surface area (Å²) in [6.45, 7) is 5.99. The number of carbonyl (C=O) groups is 2. The molecule has 0 aliphatic carbocycles. The number of piperidine rings is 1. The number of nitrogens with two attached hydrogens (primary N) is 1. The number of hydrogen-bond acceptors (Lipinski definition) is 4. The summed E-state index contributed by atoms with van der Waals surface area (Å²) in [7, 11) is -3.39. The number of hydrogen-bond donors (Lipinski definition) is 1. The van der Waals surface area contributed by atoms with Crippen molar-refractivity contribution < 1.29 is 18.0 Å². The zero-order valence-electron chi connectivity index (χ0n) is 13.0. The maximum absolute atomic E-state index is 12.2. The van der Waals surface area contributed by atoms with Crippen LogP contribution in [0, 0.1) is 11.8 Å². The van der Waals surface area contributed by atoms with Gasteiger partial charge in [-0.05, 0) is 32.1 Å². The second-order valence-corrected chi connectivity index (χ2v) is 8.53. The fourth-order valence-corrected chi connectivity index (χ4v) is 3.96. The first kappa shape index (κ1) is 17.9. The van der Waals surface area contributed by atoms with Crippen molar-refractivity contribution in [2.24, 2.45) is 17.6 Å². The molecule has 1 rings (SSSR count). The first-order valence-corrected chi connectivity index (χ1v) is 9.23. The summed E-state index contributed by atoms with van der Waals surface area (Å²) in [5.41, 5.74) is 5.29. The molecule has 0 spiro atoms. The molecular formula is C14H26N2O4S. The van der Waals surface area contributed by atoms with Crippen LogP contribution < -0.4 is 5.73 Å². The minimum absolute atomic E-state index is 0.0257. The third-order valence-corrected chi connectivity index (χ3v) is 5.50. The van der Waals surface area contributed by atoms with E-state index in [4.69, 9.17) is 5.73 Å². The van der Waals surface area contributed by atoms with E-state index < -0.39 is 27.4 Å². The molecule has 122 valence electrons. The van der Waals surface area contributed by atoms with Crippen LogP contribution in [0.4, 0.5) is 0 Å².